The van der Waals surface area contributed by atoms with Gasteiger partial charge in [-0.3, -0.25) is 9.59 Å². The molecular weight excluding hydrogens is 234 g/mol. The van der Waals surface area contributed by atoms with Crippen LogP contribution in [-0.2, 0) is 9.59 Å². The van der Waals surface area contributed by atoms with Crippen LogP contribution in [0.15, 0.2) is 0 Å². The fourth-order valence-corrected chi connectivity index (χ4v) is 3.65. The average Bonchev–Trinajstić information content (AvgIpc) is 2.94. The number of hydrogen-bond acceptors (Lipinski definition) is 3. The van der Waals surface area contributed by atoms with Gasteiger partial charge in [0.1, 0.15) is 0 Å². The summed E-state index contributed by atoms with van der Waals surface area (Å²) in [6, 6.07) is 0.263. The highest BCUT2D eigenvalue weighted by atomic mass is 16.4. The van der Waals surface area contributed by atoms with Crippen LogP contribution in [0, 0.1) is 17.8 Å². The molecule has 2 rings (SSSR count). The molecule has 102 valence electrons. The normalized spacial score (nSPS) is 35.8. The van der Waals surface area contributed by atoms with E-state index >= 15 is 0 Å². The summed E-state index contributed by atoms with van der Waals surface area (Å²) >= 11 is 0. The van der Waals surface area contributed by atoms with Crippen molar-refractivity contribution < 1.29 is 19.8 Å². The second-order valence-corrected chi connectivity index (χ2v) is 5.58. The Morgan fingerprint density at radius 3 is 2.50 bits per heavy atom. The van der Waals surface area contributed by atoms with Crippen LogP contribution in [0.5, 0.6) is 0 Å². The number of rotatable bonds is 5. The summed E-state index contributed by atoms with van der Waals surface area (Å²) in [6.07, 6.45) is 5.77. The lowest BCUT2D eigenvalue weighted by Crippen LogP contribution is -2.38. The first-order valence-corrected chi connectivity index (χ1v) is 6.76. The third kappa shape index (κ3) is 3.02. The molecule has 2 saturated carbocycles. The third-order valence-corrected chi connectivity index (χ3v) is 4.51. The smallest absolute Gasteiger partial charge is 0.317 e. The monoisotopic (exact) mass is 255 g/mol. The highest BCUT2D eigenvalue weighted by Gasteiger charge is 2.39. The standard InChI is InChI=1S/C13H21NO4/c15-12(16)7-14-11-3-1-2-10(11)8-4-5-9(6-8)13(17)18/h8-11,14H,1-7H2,(H,15,16)(H,17,18)/t8?,9?,10?,11-/m0/s1. The molecule has 0 aromatic heterocycles. The minimum absolute atomic E-state index is 0.0102. The summed E-state index contributed by atoms with van der Waals surface area (Å²) < 4.78 is 0. The maximum atomic E-state index is 11.0. The first-order chi connectivity index (χ1) is 8.58. The summed E-state index contributed by atoms with van der Waals surface area (Å²) in [5.41, 5.74) is 0. The predicted octanol–water partition coefficient (Wildman–Crippen LogP) is 1.33. The largest absolute Gasteiger partial charge is 0.481 e. The second kappa shape index (κ2) is 5.69. The summed E-state index contributed by atoms with van der Waals surface area (Å²) in [4.78, 5) is 21.6. The number of hydrogen-bond donors (Lipinski definition) is 3. The zero-order chi connectivity index (χ0) is 13.1. The number of carboxylic acids is 2. The van der Waals surface area contributed by atoms with Gasteiger partial charge in [-0.1, -0.05) is 6.42 Å². The van der Waals surface area contributed by atoms with E-state index in [1.807, 2.05) is 0 Å². The predicted molar refractivity (Wildman–Crippen MR) is 65.2 cm³/mol. The second-order valence-electron chi connectivity index (χ2n) is 5.58. The zero-order valence-corrected chi connectivity index (χ0v) is 10.5. The van der Waals surface area contributed by atoms with Gasteiger partial charge in [-0.25, -0.2) is 0 Å². The first-order valence-electron chi connectivity index (χ1n) is 6.76. The van der Waals surface area contributed by atoms with Crippen LogP contribution in [0.4, 0.5) is 0 Å². The lowest BCUT2D eigenvalue weighted by Gasteiger charge is -2.26. The molecule has 0 amide bonds. The van der Waals surface area contributed by atoms with E-state index < -0.39 is 11.9 Å². The molecule has 0 spiro atoms. The molecule has 3 unspecified atom stereocenters. The van der Waals surface area contributed by atoms with Gasteiger partial charge in [0.2, 0.25) is 0 Å². The van der Waals surface area contributed by atoms with Gasteiger partial charge in [0.05, 0.1) is 12.5 Å². The molecule has 0 bridgehead atoms. The fraction of sp³-hybridized carbons (Fsp3) is 0.846. The number of aliphatic carboxylic acids is 2. The van der Waals surface area contributed by atoms with E-state index in [0.29, 0.717) is 11.8 Å². The molecule has 2 aliphatic carbocycles. The molecule has 0 aromatic rings. The van der Waals surface area contributed by atoms with Crippen molar-refractivity contribution in [1.82, 2.24) is 5.32 Å². The van der Waals surface area contributed by atoms with Crippen LogP contribution in [0.25, 0.3) is 0 Å². The Kier molecular flexibility index (Phi) is 4.22. The summed E-state index contributed by atoms with van der Waals surface area (Å²) in [5, 5.41) is 20.8. The van der Waals surface area contributed by atoms with E-state index in [9.17, 15) is 9.59 Å². The van der Waals surface area contributed by atoms with Crippen molar-refractivity contribution in [3.8, 4) is 0 Å². The lowest BCUT2D eigenvalue weighted by molar-refractivity contribution is -0.141. The highest BCUT2D eigenvalue weighted by Crippen LogP contribution is 2.42. The zero-order valence-electron chi connectivity index (χ0n) is 10.5. The quantitative estimate of drug-likeness (QED) is 0.690. The molecule has 2 aliphatic rings. The molecule has 0 heterocycles. The Morgan fingerprint density at radius 2 is 1.89 bits per heavy atom. The summed E-state index contributed by atoms with van der Waals surface area (Å²) in [7, 11) is 0. The number of carbonyl (C=O) groups is 2. The van der Waals surface area contributed by atoms with Crippen molar-refractivity contribution in [2.24, 2.45) is 17.8 Å². The van der Waals surface area contributed by atoms with Crippen molar-refractivity contribution in [3.63, 3.8) is 0 Å². The van der Waals surface area contributed by atoms with Gasteiger partial charge in [0, 0.05) is 6.04 Å². The molecule has 4 atom stereocenters. The van der Waals surface area contributed by atoms with Gasteiger partial charge in [0.25, 0.3) is 0 Å². The molecule has 5 nitrogen and oxygen atoms in total. The van der Waals surface area contributed by atoms with Gasteiger partial charge < -0.3 is 15.5 Å². The Morgan fingerprint density at radius 1 is 1.11 bits per heavy atom. The van der Waals surface area contributed by atoms with Gasteiger partial charge in [0.15, 0.2) is 0 Å². The van der Waals surface area contributed by atoms with E-state index in [1.165, 1.54) is 0 Å². The van der Waals surface area contributed by atoms with Crippen molar-refractivity contribution >= 4 is 11.9 Å². The van der Waals surface area contributed by atoms with Crippen molar-refractivity contribution in [3.05, 3.63) is 0 Å². The van der Waals surface area contributed by atoms with E-state index in [2.05, 4.69) is 5.32 Å². The fourth-order valence-electron chi connectivity index (χ4n) is 3.65. The van der Waals surface area contributed by atoms with Crippen LogP contribution in [0.2, 0.25) is 0 Å². The minimum Gasteiger partial charge on any atom is -0.481 e. The molecule has 3 N–H and O–H groups in total. The average molecular weight is 255 g/mol. The van der Waals surface area contributed by atoms with Gasteiger partial charge in [-0.2, -0.15) is 0 Å². The van der Waals surface area contributed by atoms with Crippen molar-refractivity contribution in [2.75, 3.05) is 6.54 Å². The molecule has 0 aromatic carbocycles. The lowest BCUT2D eigenvalue weighted by atomic mass is 9.86. The van der Waals surface area contributed by atoms with E-state index in [-0.39, 0.29) is 18.5 Å². The molecular formula is C13H21NO4. The van der Waals surface area contributed by atoms with Crippen LogP contribution in [0.3, 0.4) is 0 Å². The molecule has 5 heteroatoms. The van der Waals surface area contributed by atoms with Crippen LogP contribution in [0.1, 0.15) is 38.5 Å². The minimum atomic E-state index is -0.824. The SMILES string of the molecule is O=C(O)CN[C@H]1CCCC1C1CCC(C(=O)O)C1. The van der Waals surface area contributed by atoms with Crippen molar-refractivity contribution in [1.29, 1.82) is 0 Å². The maximum absolute atomic E-state index is 11.0. The topological polar surface area (TPSA) is 86.6 Å². The molecule has 0 aliphatic heterocycles. The third-order valence-electron chi connectivity index (χ3n) is 4.51. The number of carboxylic acid groups (broad SMARTS) is 2. The van der Waals surface area contributed by atoms with Gasteiger partial charge in [-0.05, 0) is 43.9 Å². The van der Waals surface area contributed by atoms with E-state index in [0.717, 1.165) is 38.5 Å². The Bertz CT molecular complexity index is 331. The highest BCUT2D eigenvalue weighted by molar-refractivity contribution is 5.70. The molecule has 2 fully saturated rings. The van der Waals surface area contributed by atoms with Crippen LogP contribution in [-0.4, -0.2) is 34.7 Å². The number of nitrogens with one attached hydrogen (secondary N) is 1. The van der Waals surface area contributed by atoms with Crippen LogP contribution >= 0.6 is 0 Å². The summed E-state index contributed by atoms with van der Waals surface area (Å²) in [5.74, 6) is -0.759. The van der Waals surface area contributed by atoms with E-state index in [4.69, 9.17) is 10.2 Å². The summed E-state index contributed by atoms with van der Waals surface area (Å²) in [6.45, 7) is 0.0102. The van der Waals surface area contributed by atoms with Gasteiger partial charge >= 0.3 is 11.9 Å². The molecule has 0 radical (unpaired) electrons. The molecule has 0 saturated heterocycles. The first kappa shape index (κ1) is 13.3. The van der Waals surface area contributed by atoms with Crippen LogP contribution < -0.4 is 5.32 Å². The van der Waals surface area contributed by atoms with Gasteiger partial charge in [-0.15, -0.1) is 0 Å². The Balaban J connectivity index is 1.87. The maximum Gasteiger partial charge on any atom is 0.317 e. The molecule has 18 heavy (non-hydrogen) atoms. The Hall–Kier alpha value is -1.10. The van der Waals surface area contributed by atoms with E-state index in [1.54, 1.807) is 0 Å². The van der Waals surface area contributed by atoms with Crippen molar-refractivity contribution in [2.45, 2.75) is 44.6 Å². The Labute approximate surface area is 107 Å².